The highest BCUT2D eigenvalue weighted by Crippen LogP contribution is 2.21. The van der Waals surface area contributed by atoms with E-state index in [4.69, 9.17) is 19.9 Å². The zero-order valence-electron chi connectivity index (χ0n) is 9.36. The van der Waals surface area contributed by atoms with Crippen molar-refractivity contribution in [3.8, 4) is 5.75 Å². The van der Waals surface area contributed by atoms with E-state index in [1.807, 2.05) is 0 Å². The van der Waals surface area contributed by atoms with Crippen LogP contribution in [0.5, 0.6) is 5.75 Å². The lowest BCUT2D eigenvalue weighted by Crippen LogP contribution is -2.11. The summed E-state index contributed by atoms with van der Waals surface area (Å²) >= 11 is 0. The molecule has 0 bridgehead atoms. The largest absolute Gasteiger partial charge is 0.496 e. The van der Waals surface area contributed by atoms with Gasteiger partial charge in [0.15, 0.2) is 0 Å². The average molecular weight is 225 g/mol. The number of hydrogen-bond donors (Lipinski definition) is 1. The minimum atomic E-state index is -0.471. The number of hydrogen-bond acceptors (Lipinski definition) is 5. The van der Waals surface area contributed by atoms with Crippen molar-refractivity contribution in [3.63, 3.8) is 0 Å². The molecular formula is C11H15NO4. The fourth-order valence-corrected chi connectivity index (χ4v) is 1.18. The molecule has 0 saturated carbocycles. The van der Waals surface area contributed by atoms with E-state index in [9.17, 15) is 4.79 Å². The SMILES string of the molecule is COCCOC(=O)c1cc(N)ccc1OC. The smallest absolute Gasteiger partial charge is 0.342 e. The number of ether oxygens (including phenoxy) is 3. The number of nitrogens with two attached hydrogens (primary N) is 1. The summed E-state index contributed by atoms with van der Waals surface area (Å²) < 4.78 is 14.8. The second-order valence-corrected chi connectivity index (χ2v) is 3.09. The highest BCUT2D eigenvalue weighted by molar-refractivity contribution is 5.93. The van der Waals surface area contributed by atoms with E-state index in [1.165, 1.54) is 20.3 Å². The predicted molar refractivity (Wildman–Crippen MR) is 59.6 cm³/mol. The standard InChI is InChI=1S/C11H15NO4/c1-14-5-6-16-11(13)9-7-8(12)3-4-10(9)15-2/h3-4,7H,5-6,12H2,1-2H3. The van der Waals surface area contributed by atoms with E-state index in [0.717, 1.165) is 0 Å². The Morgan fingerprint density at radius 1 is 1.31 bits per heavy atom. The summed E-state index contributed by atoms with van der Waals surface area (Å²) in [6.45, 7) is 0.559. The van der Waals surface area contributed by atoms with E-state index in [2.05, 4.69) is 0 Å². The van der Waals surface area contributed by atoms with Gasteiger partial charge in [0, 0.05) is 12.8 Å². The van der Waals surface area contributed by atoms with Crippen molar-refractivity contribution >= 4 is 11.7 Å². The number of carbonyl (C=O) groups excluding carboxylic acids is 1. The molecular weight excluding hydrogens is 210 g/mol. The van der Waals surface area contributed by atoms with Crippen molar-refractivity contribution in [2.45, 2.75) is 0 Å². The molecule has 0 heterocycles. The molecule has 0 saturated heterocycles. The van der Waals surface area contributed by atoms with E-state index in [-0.39, 0.29) is 6.61 Å². The highest BCUT2D eigenvalue weighted by atomic mass is 16.6. The number of rotatable bonds is 5. The molecule has 16 heavy (non-hydrogen) atoms. The van der Waals surface area contributed by atoms with Gasteiger partial charge in [0.2, 0.25) is 0 Å². The Balaban J connectivity index is 2.76. The number of anilines is 1. The fraction of sp³-hybridized carbons (Fsp3) is 0.364. The molecule has 0 fully saturated rings. The third kappa shape index (κ3) is 3.13. The van der Waals surface area contributed by atoms with Gasteiger partial charge in [-0.3, -0.25) is 0 Å². The number of benzene rings is 1. The van der Waals surface area contributed by atoms with Crippen LogP contribution in [0.25, 0.3) is 0 Å². The summed E-state index contributed by atoms with van der Waals surface area (Å²) in [6, 6.07) is 4.81. The molecule has 0 aliphatic carbocycles. The van der Waals surface area contributed by atoms with Crippen LogP contribution in [0.3, 0.4) is 0 Å². The Labute approximate surface area is 94.1 Å². The molecule has 0 aliphatic heterocycles. The average Bonchev–Trinajstić information content (AvgIpc) is 2.29. The van der Waals surface area contributed by atoms with Crippen molar-refractivity contribution in [3.05, 3.63) is 23.8 Å². The Morgan fingerprint density at radius 2 is 2.06 bits per heavy atom. The van der Waals surface area contributed by atoms with Crippen molar-refractivity contribution in [1.29, 1.82) is 0 Å². The number of nitrogen functional groups attached to an aromatic ring is 1. The van der Waals surface area contributed by atoms with Crippen LogP contribution in [0, 0.1) is 0 Å². The Kier molecular flexibility index (Phi) is 4.60. The van der Waals surface area contributed by atoms with Gasteiger partial charge >= 0.3 is 5.97 Å². The van der Waals surface area contributed by atoms with Crippen molar-refractivity contribution in [2.75, 3.05) is 33.2 Å². The molecule has 0 unspecified atom stereocenters. The summed E-state index contributed by atoms with van der Waals surface area (Å²) in [6.07, 6.45) is 0. The first-order valence-corrected chi connectivity index (χ1v) is 4.78. The van der Waals surface area contributed by atoms with Crippen LogP contribution >= 0.6 is 0 Å². The number of carbonyl (C=O) groups is 1. The topological polar surface area (TPSA) is 70.8 Å². The van der Waals surface area contributed by atoms with Gasteiger partial charge in [0.05, 0.1) is 13.7 Å². The summed E-state index contributed by atoms with van der Waals surface area (Å²) in [7, 11) is 3.02. The molecule has 1 rings (SSSR count). The molecule has 0 spiro atoms. The molecule has 5 nitrogen and oxygen atoms in total. The molecule has 2 N–H and O–H groups in total. The second-order valence-electron chi connectivity index (χ2n) is 3.09. The van der Waals surface area contributed by atoms with Crippen molar-refractivity contribution in [1.82, 2.24) is 0 Å². The predicted octanol–water partition coefficient (Wildman–Crippen LogP) is 1.08. The maximum Gasteiger partial charge on any atom is 0.342 e. The van der Waals surface area contributed by atoms with E-state index < -0.39 is 5.97 Å². The van der Waals surface area contributed by atoms with Gasteiger partial charge < -0.3 is 19.9 Å². The molecule has 1 aromatic carbocycles. The Hall–Kier alpha value is -1.75. The van der Waals surface area contributed by atoms with Crippen LogP contribution in [0.4, 0.5) is 5.69 Å². The van der Waals surface area contributed by atoms with E-state index in [0.29, 0.717) is 23.6 Å². The van der Waals surface area contributed by atoms with Crippen LogP contribution in [0.1, 0.15) is 10.4 Å². The quantitative estimate of drug-likeness (QED) is 0.461. The zero-order valence-corrected chi connectivity index (χ0v) is 9.36. The lowest BCUT2D eigenvalue weighted by molar-refractivity contribution is 0.0385. The summed E-state index contributed by atoms with van der Waals surface area (Å²) in [4.78, 5) is 11.6. The summed E-state index contributed by atoms with van der Waals surface area (Å²) in [5.74, 6) is -0.0298. The van der Waals surface area contributed by atoms with Crippen LogP contribution in [0.15, 0.2) is 18.2 Å². The Morgan fingerprint density at radius 3 is 2.69 bits per heavy atom. The molecule has 88 valence electrons. The van der Waals surface area contributed by atoms with Gasteiger partial charge in [-0.25, -0.2) is 4.79 Å². The number of methoxy groups -OCH3 is 2. The monoisotopic (exact) mass is 225 g/mol. The van der Waals surface area contributed by atoms with Crippen LogP contribution in [-0.2, 0) is 9.47 Å². The van der Waals surface area contributed by atoms with E-state index >= 15 is 0 Å². The third-order valence-electron chi connectivity index (χ3n) is 1.96. The van der Waals surface area contributed by atoms with Crippen molar-refractivity contribution < 1.29 is 19.0 Å². The van der Waals surface area contributed by atoms with Gasteiger partial charge in [-0.2, -0.15) is 0 Å². The second kappa shape index (κ2) is 5.97. The maximum atomic E-state index is 11.6. The van der Waals surface area contributed by atoms with Gasteiger partial charge in [-0.05, 0) is 18.2 Å². The number of esters is 1. The lowest BCUT2D eigenvalue weighted by atomic mass is 10.2. The third-order valence-corrected chi connectivity index (χ3v) is 1.96. The lowest BCUT2D eigenvalue weighted by Gasteiger charge is -2.09. The van der Waals surface area contributed by atoms with Crippen molar-refractivity contribution in [2.24, 2.45) is 0 Å². The minimum absolute atomic E-state index is 0.202. The minimum Gasteiger partial charge on any atom is -0.496 e. The van der Waals surface area contributed by atoms with Gasteiger partial charge in [-0.15, -0.1) is 0 Å². The fourth-order valence-electron chi connectivity index (χ4n) is 1.18. The first-order chi connectivity index (χ1) is 7.69. The van der Waals surface area contributed by atoms with Gasteiger partial charge in [-0.1, -0.05) is 0 Å². The molecule has 0 amide bonds. The summed E-state index contributed by atoms with van der Waals surface area (Å²) in [5, 5.41) is 0. The molecule has 0 radical (unpaired) electrons. The summed E-state index contributed by atoms with van der Waals surface area (Å²) in [5.41, 5.74) is 6.39. The van der Waals surface area contributed by atoms with Gasteiger partial charge in [0.1, 0.15) is 17.9 Å². The van der Waals surface area contributed by atoms with Gasteiger partial charge in [0.25, 0.3) is 0 Å². The van der Waals surface area contributed by atoms with E-state index in [1.54, 1.807) is 12.1 Å². The first kappa shape index (κ1) is 12.3. The molecule has 0 aliphatic rings. The highest BCUT2D eigenvalue weighted by Gasteiger charge is 2.13. The van der Waals surface area contributed by atoms with Crippen LogP contribution in [0.2, 0.25) is 0 Å². The van der Waals surface area contributed by atoms with Crippen LogP contribution in [-0.4, -0.2) is 33.4 Å². The normalized spacial score (nSPS) is 9.88. The molecule has 0 atom stereocenters. The first-order valence-electron chi connectivity index (χ1n) is 4.78. The Bertz CT molecular complexity index is 365. The zero-order chi connectivity index (χ0) is 12.0. The maximum absolute atomic E-state index is 11.6. The molecule has 1 aromatic rings. The molecule has 5 heteroatoms. The van der Waals surface area contributed by atoms with Crippen LogP contribution < -0.4 is 10.5 Å². The molecule has 0 aromatic heterocycles.